The molecule has 0 bridgehead atoms. The van der Waals surface area contributed by atoms with Gasteiger partial charge in [-0.05, 0) is 56.0 Å². The maximum Gasteiger partial charge on any atom is 0.124 e. The first kappa shape index (κ1) is 17.1. The molecule has 1 aromatic carbocycles. The van der Waals surface area contributed by atoms with E-state index in [1.807, 2.05) is 12.1 Å². The van der Waals surface area contributed by atoms with Crippen molar-refractivity contribution in [3.63, 3.8) is 0 Å². The van der Waals surface area contributed by atoms with Gasteiger partial charge in [0.2, 0.25) is 0 Å². The minimum Gasteiger partial charge on any atom is -0.328 e. The van der Waals surface area contributed by atoms with Gasteiger partial charge in [-0.3, -0.25) is 9.88 Å². The molecule has 0 spiro atoms. The molecule has 3 nitrogen and oxygen atoms in total. The largest absolute Gasteiger partial charge is 0.328 e. The molecular formula is C17H23ClFN3. The van der Waals surface area contributed by atoms with Crippen molar-refractivity contribution in [2.45, 2.75) is 32.4 Å². The summed E-state index contributed by atoms with van der Waals surface area (Å²) < 4.78 is 13.8. The van der Waals surface area contributed by atoms with Crippen molar-refractivity contribution in [3.8, 4) is 0 Å². The molecule has 1 aliphatic rings. The van der Waals surface area contributed by atoms with Crippen molar-refractivity contribution in [1.29, 1.82) is 0 Å². The van der Waals surface area contributed by atoms with Crippen molar-refractivity contribution >= 4 is 23.3 Å². The van der Waals surface area contributed by atoms with E-state index in [9.17, 15) is 4.39 Å². The molecule has 2 heterocycles. The van der Waals surface area contributed by atoms with Gasteiger partial charge < -0.3 is 5.73 Å². The smallest absolute Gasteiger partial charge is 0.124 e. The molecule has 2 atom stereocenters. The summed E-state index contributed by atoms with van der Waals surface area (Å²) in [6.45, 7) is 4.86. The van der Waals surface area contributed by atoms with E-state index in [-0.39, 0.29) is 24.3 Å². The monoisotopic (exact) mass is 323 g/mol. The number of aromatic nitrogens is 1. The van der Waals surface area contributed by atoms with Crippen LogP contribution in [0.4, 0.5) is 4.39 Å². The van der Waals surface area contributed by atoms with Gasteiger partial charge in [0.05, 0.1) is 5.52 Å². The summed E-state index contributed by atoms with van der Waals surface area (Å²) in [6.07, 6.45) is 4.12. The maximum atomic E-state index is 13.8. The number of fused-ring (bicyclic) bond motifs is 1. The molecule has 120 valence electrons. The minimum atomic E-state index is -0.189. The molecular weight excluding hydrogens is 301 g/mol. The standard InChI is InChI=1S/C17H22FN3.ClH/c1-12(19)14-5-3-7-21(10-14)11-15-9-16(18)8-13-4-2-6-20-17(13)15;/h2,4,6,8-9,12,14H,3,5,7,10-11,19H2,1H3;1H. The fourth-order valence-electron chi connectivity index (χ4n) is 3.25. The highest BCUT2D eigenvalue weighted by molar-refractivity contribution is 5.85. The zero-order valence-corrected chi connectivity index (χ0v) is 13.7. The van der Waals surface area contributed by atoms with E-state index < -0.39 is 0 Å². The SMILES string of the molecule is CC(N)C1CCCN(Cc2cc(F)cc3cccnc23)C1.Cl. The lowest BCUT2D eigenvalue weighted by atomic mass is 9.92. The van der Waals surface area contributed by atoms with E-state index >= 15 is 0 Å². The van der Waals surface area contributed by atoms with Gasteiger partial charge in [0.25, 0.3) is 0 Å². The number of nitrogens with two attached hydrogens (primary N) is 1. The first-order valence-corrected chi connectivity index (χ1v) is 7.64. The van der Waals surface area contributed by atoms with E-state index in [1.54, 1.807) is 18.3 Å². The van der Waals surface area contributed by atoms with Crippen LogP contribution >= 0.6 is 12.4 Å². The van der Waals surface area contributed by atoms with Crippen LogP contribution in [-0.2, 0) is 6.54 Å². The number of pyridine rings is 1. The summed E-state index contributed by atoms with van der Waals surface area (Å²) in [5, 5.41) is 0.869. The summed E-state index contributed by atoms with van der Waals surface area (Å²) in [6, 6.07) is 7.14. The van der Waals surface area contributed by atoms with Crippen LogP contribution in [0.25, 0.3) is 10.9 Å². The van der Waals surface area contributed by atoms with Crippen molar-refractivity contribution in [3.05, 3.63) is 41.8 Å². The predicted octanol–water partition coefficient (Wildman–Crippen LogP) is 3.35. The number of hydrogen-bond donors (Lipinski definition) is 1. The third kappa shape index (κ3) is 3.75. The number of likely N-dealkylation sites (tertiary alicyclic amines) is 1. The number of benzene rings is 1. The molecule has 1 aromatic heterocycles. The van der Waals surface area contributed by atoms with Gasteiger partial charge in [0, 0.05) is 30.7 Å². The summed E-state index contributed by atoms with van der Waals surface area (Å²) >= 11 is 0. The molecule has 22 heavy (non-hydrogen) atoms. The number of halogens is 2. The Balaban J connectivity index is 0.00000176. The Kier molecular flexibility index (Phi) is 5.73. The zero-order chi connectivity index (χ0) is 14.8. The third-order valence-corrected chi connectivity index (χ3v) is 4.43. The van der Waals surface area contributed by atoms with Gasteiger partial charge in [-0.1, -0.05) is 6.07 Å². The van der Waals surface area contributed by atoms with Crippen LogP contribution in [0.15, 0.2) is 30.5 Å². The Morgan fingerprint density at radius 2 is 2.27 bits per heavy atom. The van der Waals surface area contributed by atoms with E-state index in [4.69, 9.17) is 5.73 Å². The fourth-order valence-corrected chi connectivity index (χ4v) is 3.25. The van der Waals surface area contributed by atoms with Gasteiger partial charge in [-0.2, -0.15) is 0 Å². The van der Waals surface area contributed by atoms with Crippen molar-refractivity contribution in [2.75, 3.05) is 13.1 Å². The first-order chi connectivity index (χ1) is 10.1. The second-order valence-corrected chi connectivity index (χ2v) is 6.14. The lowest BCUT2D eigenvalue weighted by molar-refractivity contribution is 0.154. The Labute approximate surface area is 137 Å². The van der Waals surface area contributed by atoms with Crippen LogP contribution < -0.4 is 5.73 Å². The fraction of sp³-hybridized carbons (Fsp3) is 0.471. The van der Waals surface area contributed by atoms with Crippen LogP contribution in [0, 0.1) is 11.7 Å². The van der Waals surface area contributed by atoms with Crippen LogP contribution in [0.1, 0.15) is 25.3 Å². The Bertz CT molecular complexity index is 632. The molecule has 3 rings (SSSR count). The van der Waals surface area contributed by atoms with E-state index in [0.717, 1.165) is 42.5 Å². The summed E-state index contributed by atoms with van der Waals surface area (Å²) in [5.41, 5.74) is 7.91. The maximum absolute atomic E-state index is 13.8. The molecule has 0 aliphatic carbocycles. The van der Waals surface area contributed by atoms with Gasteiger partial charge >= 0.3 is 0 Å². The average molecular weight is 324 g/mol. The van der Waals surface area contributed by atoms with Crippen LogP contribution in [-0.4, -0.2) is 29.0 Å². The van der Waals surface area contributed by atoms with E-state index in [2.05, 4.69) is 16.8 Å². The van der Waals surface area contributed by atoms with Crippen molar-refractivity contribution in [2.24, 2.45) is 11.7 Å². The predicted molar refractivity (Wildman–Crippen MR) is 90.6 cm³/mol. The van der Waals surface area contributed by atoms with Gasteiger partial charge in [0.15, 0.2) is 0 Å². The van der Waals surface area contributed by atoms with Crippen LogP contribution in [0.3, 0.4) is 0 Å². The molecule has 1 aliphatic heterocycles. The quantitative estimate of drug-likeness (QED) is 0.941. The highest BCUT2D eigenvalue weighted by Gasteiger charge is 2.23. The Morgan fingerprint density at radius 1 is 1.45 bits per heavy atom. The second kappa shape index (κ2) is 7.36. The van der Waals surface area contributed by atoms with Crippen molar-refractivity contribution in [1.82, 2.24) is 9.88 Å². The van der Waals surface area contributed by atoms with E-state index in [0.29, 0.717) is 5.92 Å². The number of nitrogens with zero attached hydrogens (tertiary/aromatic N) is 2. The molecule has 5 heteroatoms. The highest BCUT2D eigenvalue weighted by atomic mass is 35.5. The lowest BCUT2D eigenvalue weighted by Crippen LogP contribution is -2.41. The van der Waals surface area contributed by atoms with Crippen LogP contribution in [0.5, 0.6) is 0 Å². The Morgan fingerprint density at radius 3 is 3.05 bits per heavy atom. The zero-order valence-electron chi connectivity index (χ0n) is 12.8. The second-order valence-electron chi connectivity index (χ2n) is 6.14. The Hall–Kier alpha value is -1.23. The number of rotatable bonds is 3. The molecule has 2 N–H and O–H groups in total. The lowest BCUT2D eigenvalue weighted by Gasteiger charge is -2.34. The summed E-state index contributed by atoms with van der Waals surface area (Å²) in [5.74, 6) is 0.345. The average Bonchev–Trinajstić information content (AvgIpc) is 2.47. The molecule has 2 unspecified atom stereocenters. The molecule has 1 saturated heterocycles. The molecule has 2 aromatic rings. The summed E-state index contributed by atoms with van der Waals surface area (Å²) in [7, 11) is 0. The van der Waals surface area contributed by atoms with Gasteiger partial charge in [-0.15, -0.1) is 12.4 Å². The summed E-state index contributed by atoms with van der Waals surface area (Å²) in [4.78, 5) is 6.80. The first-order valence-electron chi connectivity index (χ1n) is 7.64. The number of hydrogen-bond acceptors (Lipinski definition) is 3. The van der Waals surface area contributed by atoms with Gasteiger partial charge in [0.1, 0.15) is 5.82 Å². The molecule has 0 saturated carbocycles. The number of piperidine rings is 1. The van der Waals surface area contributed by atoms with Crippen molar-refractivity contribution < 1.29 is 4.39 Å². The third-order valence-electron chi connectivity index (χ3n) is 4.43. The molecule has 0 amide bonds. The van der Waals surface area contributed by atoms with Gasteiger partial charge in [-0.25, -0.2) is 4.39 Å². The molecule has 1 fully saturated rings. The highest BCUT2D eigenvalue weighted by Crippen LogP contribution is 2.24. The molecule has 0 radical (unpaired) electrons. The minimum absolute atomic E-state index is 0. The normalized spacial score (nSPS) is 20.6. The topological polar surface area (TPSA) is 42.1 Å². The van der Waals surface area contributed by atoms with E-state index in [1.165, 1.54) is 6.42 Å². The van der Waals surface area contributed by atoms with Crippen LogP contribution in [0.2, 0.25) is 0 Å².